The van der Waals surface area contributed by atoms with E-state index in [1.54, 1.807) is 72.5 Å². The summed E-state index contributed by atoms with van der Waals surface area (Å²) in [6, 6.07) is 25.3. The van der Waals surface area contributed by atoms with Crippen LogP contribution in [0.3, 0.4) is 0 Å². The van der Waals surface area contributed by atoms with Gasteiger partial charge in [0, 0.05) is 56.8 Å². The molecule has 10 nitrogen and oxygen atoms in total. The van der Waals surface area contributed by atoms with Crippen LogP contribution in [0.15, 0.2) is 95.6 Å². The zero-order valence-corrected chi connectivity index (χ0v) is 23.6. The van der Waals surface area contributed by atoms with Crippen LogP contribution in [0.2, 0.25) is 0 Å². The molecule has 0 unspecified atom stereocenters. The van der Waals surface area contributed by atoms with Crippen LogP contribution < -0.4 is 20.3 Å². The summed E-state index contributed by atoms with van der Waals surface area (Å²) in [6.45, 7) is 2.47. The van der Waals surface area contributed by atoms with E-state index < -0.39 is 5.91 Å². The predicted molar refractivity (Wildman–Crippen MR) is 161 cm³/mol. The Morgan fingerprint density at radius 2 is 1.57 bits per heavy atom. The summed E-state index contributed by atoms with van der Waals surface area (Å²) < 4.78 is 10.4. The Kier molecular flexibility index (Phi) is 8.72. The zero-order valence-electron chi connectivity index (χ0n) is 23.6. The van der Waals surface area contributed by atoms with Crippen LogP contribution in [0.5, 0.6) is 5.75 Å². The molecule has 1 aromatic heterocycles. The van der Waals surface area contributed by atoms with Crippen molar-refractivity contribution in [1.29, 1.82) is 0 Å². The van der Waals surface area contributed by atoms with Gasteiger partial charge in [-0.1, -0.05) is 30.3 Å². The molecule has 0 spiro atoms. The Hall–Kier alpha value is -5.25. The third-order valence-electron chi connectivity index (χ3n) is 7.09. The van der Waals surface area contributed by atoms with Crippen molar-refractivity contribution < 1.29 is 23.5 Å². The van der Waals surface area contributed by atoms with Gasteiger partial charge >= 0.3 is 6.03 Å². The third-order valence-corrected chi connectivity index (χ3v) is 7.09. The fraction of sp³-hybridized carbons (Fsp3) is 0.219. The largest absolute Gasteiger partial charge is 0.497 e. The number of furan rings is 1. The third kappa shape index (κ3) is 6.72. The monoisotopic (exact) mass is 567 g/mol. The topological polar surface area (TPSA) is 107 Å². The van der Waals surface area contributed by atoms with Gasteiger partial charge in [0.05, 0.1) is 18.9 Å². The molecule has 1 fully saturated rings. The SMILES string of the molecule is COc1ccc(NC(=O)N2CCN(c3ccc(NC(=O)c4ccco4)cc3C(=O)N(C)Cc3ccccc3)CC2)cc1. The van der Waals surface area contributed by atoms with Crippen molar-refractivity contribution in [3.05, 3.63) is 108 Å². The van der Waals surface area contributed by atoms with Gasteiger partial charge in [-0.15, -0.1) is 0 Å². The van der Waals surface area contributed by atoms with E-state index in [0.29, 0.717) is 55.4 Å². The Morgan fingerprint density at radius 1 is 0.857 bits per heavy atom. The van der Waals surface area contributed by atoms with Crippen molar-refractivity contribution in [2.45, 2.75) is 6.54 Å². The second-order valence-electron chi connectivity index (χ2n) is 9.94. The van der Waals surface area contributed by atoms with Gasteiger partial charge in [-0.25, -0.2) is 4.79 Å². The number of ether oxygens (including phenoxy) is 1. The van der Waals surface area contributed by atoms with Crippen molar-refractivity contribution in [3.8, 4) is 5.75 Å². The molecule has 4 aromatic rings. The van der Waals surface area contributed by atoms with Crippen molar-refractivity contribution >= 4 is 34.9 Å². The van der Waals surface area contributed by atoms with E-state index in [1.165, 1.54) is 6.26 Å². The van der Waals surface area contributed by atoms with Crippen LogP contribution in [0, 0.1) is 0 Å². The fourth-order valence-electron chi connectivity index (χ4n) is 4.82. The number of amides is 4. The molecule has 10 heteroatoms. The lowest BCUT2D eigenvalue weighted by molar-refractivity contribution is 0.0785. The molecule has 42 heavy (non-hydrogen) atoms. The van der Waals surface area contributed by atoms with Crippen LogP contribution in [-0.2, 0) is 6.54 Å². The van der Waals surface area contributed by atoms with Gasteiger partial charge in [-0.3, -0.25) is 9.59 Å². The minimum atomic E-state index is -0.403. The number of carbonyl (C=O) groups excluding carboxylic acids is 3. The number of rotatable bonds is 8. The maximum atomic E-state index is 13.8. The maximum Gasteiger partial charge on any atom is 0.321 e. The summed E-state index contributed by atoms with van der Waals surface area (Å²) in [5, 5.41) is 5.75. The van der Waals surface area contributed by atoms with E-state index >= 15 is 0 Å². The van der Waals surface area contributed by atoms with Crippen molar-refractivity contribution in [1.82, 2.24) is 9.80 Å². The summed E-state index contributed by atoms with van der Waals surface area (Å²) in [7, 11) is 3.35. The zero-order chi connectivity index (χ0) is 29.5. The molecule has 2 heterocycles. The number of hydrogen-bond acceptors (Lipinski definition) is 6. The Balaban J connectivity index is 1.31. The first-order valence-corrected chi connectivity index (χ1v) is 13.6. The molecule has 5 rings (SSSR count). The fourth-order valence-corrected chi connectivity index (χ4v) is 4.82. The second-order valence-corrected chi connectivity index (χ2v) is 9.94. The molecule has 216 valence electrons. The number of methoxy groups -OCH3 is 1. The van der Waals surface area contributed by atoms with E-state index in [9.17, 15) is 14.4 Å². The van der Waals surface area contributed by atoms with E-state index in [1.807, 2.05) is 36.4 Å². The Bertz CT molecular complexity index is 1510. The van der Waals surface area contributed by atoms with Crippen LogP contribution in [0.1, 0.15) is 26.5 Å². The Labute approximate surface area is 244 Å². The number of urea groups is 1. The Morgan fingerprint density at radius 3 is 2.24 bits per heavy atom. The average molecular weight is 568 g/mol. The molecule has 2 N–H and O–H groups in total. The van der Waals surface area contributed by atoms with Gasteiger partial charge in [0.25, 0.3) is 11.8 Å². The summed E-state index contributed by atoms with van der Waals surface area (Å²) in [6.07, 6.45) is 1.43. The van der Waals surface area contributed by atoms with Crippen LogP contribution in [0.4, 0.5) is 21.9 Å². The van der Waals surface area contributed by atoms with E-state index in [0.717, 1.165) is 11.3 Å². The van der Waals surface area contributed by atoms with Gasteiger partial charge in [0.1, 0.15) is 5.75 Å². The summed E-state index contributed by atoms with van der Waals surface area (Å²) in [5.74, 6) is 0.313. The quantitative estimate of drug-likeness (QED) is 0.304. The van der Waals surface area contributed by atoms with E-state index in [2.05, 4.69) is 15.5 Å². The van der Waals surface area contributed by atoms with E-state index in [-0.39, 0.29) is 17.7 Å². The maximum absolute atomic E-state index is 13.8. The molecule has 0 bridgehead atoms. The number of piperazine rings is 1. The number of benzene rings is 3. The van der Waals surface area contributed by atoms with Gasteiger partial charge < -0.3 is 34.5 Å². The normalized spacial score (nSPS) is 12.9. The van der Waals surface area contributed by atoms with E-state index in [4.69, 9.17) is 9.15 Å². The number of nitrogens with one attached hydrogen (secondary N) is 2. The highest BCUT2D eigenvalue weighted by atomic mass is 16.5. The summed E-state index contributed by atoms with van der Waals surface area (Å²) >= 11 is 0. The molecule has 1 aliphatic heterocycles. The highest BCUT2D eigenvalue weighted by Crippen LogP contribution is 2.28. The van der Waals surface area contributed by atoms with Gasteiger partial charge in [0.15, 0.2) is 5.76 Å². The average Bonchev–Trinajstić information content (AvgIpc) is 3.57. The molecule has 1 saturated heterocycles. The first-order chi connectivity index (χ1) is 20.4. The lowest BCUT2D eigenvalue weighted by Crippen LogP contribution is -2.50. The second kappa shape index (κ2) is 12.9. The molecule has 0 aliphatic carbocycles. The summed E-state index contributed by atoms with van der Waals surface area (Å²) in [5.41, 5.74) is 3.38. The highest BCUT2D eigenvalue weighted by molar-refractivity contribution is 6.05. The highest BCUT2D eigenvalue weighted by Gasteiger charge is 2.26. The molecular formula is C32H33N5O5. The molecule has 4 amide bonds. The molecule has 1 aliphatic rings. The van der Waals surface area contributed by atoms with Gasteiger partial charge in [0.2, 0.25) is 0 Å². The van der Waals surface area contributed by atoms with Gasteiger partial charge in [-0.05, 0) is 60.2 Å². The lowest BCUT2D eigenvalue weighted by atomic mass is 10.1. The van der Waals surface area contributed by atoms with Crippen molar-refractivity contribution in [3.63, 3.8) is 0 Å². The number of carbonyl (C=O) groups is 3. The number of hydrogen-bond donors (Lipinski definition) is 2. The molecule has 0 saturated carbocycles. The van der Waals surface area contributed by atoms with Crippen molar-refractivity contribution in [2.24, 2.45) is 0 Å². The minimum Gasteiger partial charge on any atom is -0.497 e. The minimum absolute atomic E-state index is 0.178. The molecule has 3 aromatic carbocycles. The first-order valence-electron chi connectivity index (χ1n) is 13.6. The lowest BCUT2D eigenvalue weighted by Gasteiger charge is -2.37. The van der Waals surface area contributed by atoms with Gasteiger partial charge in [-0.2, -0.15) is 0 Å². The molecule has 0 atom stereocenters. The first kappa shape index (κ1) is 28.3. The predicted octanol–water partition coefficient (Wildman–Crippen LogP) is 5.17. The number of anilines is 3. The van der Waals surface area contributed by atoms with Crippen LogP contribution in [-0.4, -0.2) is 68.0 Å². The van der Waals surface area contributed by atoms with Crippen LogP contribution in [0.25, 0.3) is 0 Å². The summed E-state index contributed by atoms with van der Waals surface area (Å²) in [4.78, 5) is 44.8. The number of nitrogens with zero attached hydrogens (tertiary/aromatic N) is 3. The smallest absolute Gasteiger partial charge is 0.321 e. The molecule has 0 radical (unpaired) electrons. The van der Waals surface area contributed by atoms with Crippen LogP contribution >= 0.6 is 0 Å². The standard InChI is InChI=1S/C32H33N5O5/c1-35(22-23-7-4-3-5-8-23)31(39)27-21-25(33-30(38)29-9-6-20-42-29)12-15-28(27)36-16-18-37(19-17-36)32(40)34-24-10-13-26(41-2)14-11-24/h3-15,20-21H,16-19,22H2,1-2H3,(H,33,38)(H,34,40). The van der Waals surface area contributed by atoms with Crippen molar-refractivity contribution in [2.75, 3.05) is 55.9 Å². The molecular weight excluding hydrogens is 534 g/mol.